The Morgan fingerprint density at radius 3 is 2.10 bits per heavy atom. The van der Waals surface area contributed by atoms with E-state index >= 15 is 0 Å². The van der Waals surface area contributed by atoms with Gasteiger partial charge in [-0.2, -0.15) is 0 Å². The second-order valence-electron chi connectivity index (χ2n) is 6.39. The van der Waals surface area contributed by atoms with Crippen molar-refractivity contribution in [3.63, 3.8) is 0 Å². The van der Waals surface area contributed by atoms with Crippen LogP contribution < -0.4 is 10.6 Å². The minimum absolute atomic E-state index is 0.0328. The quantitative estimate of drug-likeness (QED) is 0.311. The molecule has 0 aliphatic heterocycles. The highest BCUT2D eigenvalue weighted by Gasteiger charge is 2.23. The fourth-order valence-electron chi connectivity index (χ4n) is 2.77. The number of nitrogens with one attached hydrogen (secondary N) is 2. The summed E-state index contributed by atoms with van der Waals surface area (Å²) in [5.41, 5.74) is 2.12. The van der Waals surface area contributed by atoms with Crippen LogP contribution in [0, 0.1) is 10.1 Å². The van der Waals surface area contributed by atoms with Crippen LogP contribution in [0.1, 0.15) is 25.3 Å². The summed E-state index contributed by atoms with van der Waals surface area (Å²) in [5, 5.41) is 18.4. The largest absolute Gasteiger partial charge is 0.353 e. The molecule has 2 N–H and O–H groups in total. The number of nitrogens with zero attached hydrogens (tertiary/aromatic N) is 3. The lowest BCUT2D eigenvalue weighted by Crippen LogP contribution is -2.05. The molecule has 0 amide bonds. The van der Waals surface area contributed by atoms with Crippen LogP contribution in [0.5, 0.6) is 0 Å². The Hall–Kier alpha value is -2.90. The van der Waals surface area contributed by atoms with Crippen LogP contribution in [0.3, 0.4) is 0 Å². The van der Waals surface area contributed by atoms with Gasteiger partial charge in [-0.3, -0.25) is 10.1 Å². The van der Waals surface area contributed by atoms with E-state index in [1.165, 1.54) is 11.9 Å². The van der Waals surface area contributed by atoms with Crippen molar-refractivity contribution in [2.24, 2.45) is 0 Å². The predicted octanol–water partition coefficient (Wildman–Crippen LogP) is 6.52. The molecule has 0 bridgehead atoms. The summed E-state index contributed by atoms with van der Waals surface area (Å²) in [4.78, 5) is 19.3. The highest BCUT2D eigenvalue weighted by Crippen LogP contribution is 2.34. The van der Waals surface area contributed by atoms with E-state index in [1.54, 1.807) is 18.2 Å². The molecule has 0 fully saturated rings. The first-order valence-electron chi connectivity index (χ1n) is 9.04. The monoisotopic (exact) mass is 431 g/mol. The molecule has 0 saturated heterocycles. The lowest BCUT2D eigenvalue weighted by Gasteiger charge is -2.11. The Morgan fingerprint density at radius 1 is 0.966 bits per heavy atom. The predicted molar refractivity (Wildman–Crippen MR) is 117 cm³/mol. The van der Waals surface area contributed by atoms with Crippen molar-refractivity contribution in [1.29, 1.82) is 0 Å². The molecule has 0 unspecified atom stereocenters. The van der Waals surface area contributed by atoms with Gasteiger partial charge in [0.2, 0.25) is 11.6 Å². The summed E-state index contributed by atoms with van der Waals surface area (Å²) in [6.07, 6.45) is 4.49. The van der Waals surface area contributed by atoms with E-state index in [4.69, 9.17) is 23.2 Å². The zero-order chi connectivity index (χ0) is 20.8. The minimum Gasteiger partial charge on any atom is -0.334 e. The number of anilines is 4. The molecule has 0 aliphatic carbocycles. The van der Waals surface area contributed by atoms with Gasteiger partial charge in [-0.25, -0.2) is 9.97 Å². The molecule has 3 aromatic rings. The number of nitro groups is 1. The Bertz CT molecular complexity index is 992. The number of aromatic nitrogens is 2. The standard InChI is InChI=1S/C20H19Cl2N5O2/c1-2-3-4-13-5-7-16(8-6-13)25-19-18(27(28)29)20(24-12-23-19)26-17-10-14(21)9-15(22)11-17/h5-12H,2-4H2,1H3,(H2,23,24,25,26). The molecule has 0 aliphatic rings. The first-order chi connectivity index (χ1) is 14.0. The summed E-state index contributed by atoms with van der Waals surface area (Å²) >= 11 is 12.0. The van der Waals surface area contributed by atoms with E-state index < -0.39 is 4.92 Å². The molecule has 0 spiro atoms. The van der Waals surface area contributed by atoms with E-state index in [2.05, 4.69) is 27.5 Å². The van der Waals surface area contributed by atoms with Crippen LogP contribution in [0.15, 0.2) is 48.8 Å². The average Bonchev–Trinajstić information content (AvgIpc) is 2.66. The van der Waals surface area contributed by atoms with Crippen molar-refractivity contribution >= 4 is 51.9 Å². The van der Waals surface area contributed by atoms with Crippen molar-refractivity contribution in [3.05, 3.63) is 74.5 Å². The van der Waals surface area contributed by atoms with E-state index in [1.807, 2.05) is 24.3 Å². The van der Waals surface area contributed by atoms with Gasteiger partial charge in [0.05, 0.1) is 4.92 Å². The molecule has 29 heavy (non-hydrogen) atoms. The van der Waals surface area contributed by atoms with Gasteiger partial charge in [0, 0.05) is 21.4 Å². The lowest BCUT2D eigenvalue weighted by molar-refractivity contribution is -0.383. The first-order valence-corrected chi connectivity index (χ1v) is 9.80. The molecular weight excluding hydrogens is 413 g/mol. The second-order valence-corrected chi connectivity index (χ2v) is 7.26. The van der Waals surface area contributed by atoms with Crippen molar-refractivity contribution < 1.29 is 4.92 Å². The Labute approximate surface area is 178 Å². The molecule has 150 valence electrons. The number of benzene rings is 2. The van der Waals surface area contributed by atoms with Gasteiger partial charge in [0.15, 0.2) is 0 Å². The molecule has 2 aromatic carbocycles. The number of rotatable bonds is 8. The molecule has 0 atom stereocenters. The van der Waals surface area contributed by atoms with Crippen LogP contribution in [0.25, 0.3) is 0 Å². The van der Waals surface area contributed by atoms with Crippen molar-refractivity contribution in [1.82, 2.24) is 9.97 Å². The topological polar surface area (TPSA) is 93.0 Å². The SMILES string of the molecule is CCCCc1ccc(Nc2ncnc(Nc3cc(Cl)cc(Cl)c3)c2[N+](=O)[O-])cc1. The van der Waals surface area contributed by atoms with Gasteiger partial charge in [0.25, 0.3) is 0 Å². The number of hydrogen-bond donors (Lipinski definition) is 2. The zero-order valence-corrected chi connectivity index (χ0v) is 17.2. The van der Waals surface area contributed by atoms with Crippen molar-refractivity contribution in [2.75, 3.05) is 10.6 Å². The van der Waals surface area contributed by atoms with E-state index in [0.29, 0.717) is 21.4 Å². The molecule has 1 aromatic heterocycles. The number of unbranched alkanes of at least 4 members (excludes halogenated alkanes) is 1. The number of hydrogen-bond acceptors (Lipinski definition) is 6. The Morgan fingerprint density at radius 2 is 1.55 bits per heavy atom. The highest BCUT2D eigenvalue weighted by atomic mass is 35.5. The van der Waals surface area contributed by atoms with Crippen molar-refractivity contribution in [2.45, 2.75) is 26.2 Å². The van der Waals surface area contributed by atoms with E-state index in [9.17, 15) is 10.1 Å². The van der Waals surface area contributed by atoms with Gasteiger partial charge in [0.1, 0.15) is 6.33 Å². The first kappa shape index (κ1) is 20.8. The number of halogens is 2. The molecule has 9 heteroatoms. The van der Waals surface area contributed by atoms with Gasteiger partial charge in [-0.1, -0.05) is 48.7 Å². The molecular formula is C20H19Cl2N5O2. The van der Waals surface area contributed by atoms with E-state index in [-0.39, 0.29) is 17.3 Å². The molecule has 0 radical (unpaired) electrons. The summed E-state index contributed by atoms with van der Waals surface area (Å²) in [5.74, 6) is 0.118. The minimum atomic E-state index is -0.535. The fraction of sp³-hybridized carbons (Fsp3) is 0.200. The maximum Gasteiger partial charge on any atom is 0.353 e. The summed E-state index contributed by atoms with van der Waals surface area (Å²) in [6, 6.07) is 12.5. The maximum atomic E-state index is 11.7. The maximum absolute atomic E-state index is 11.7. The normalized spacial score (nSPS) is 10.6. The van der Waals surface area contributed by atoms with Crippen LogP contribution in [0.4, 0.5) is 28.7 Å². The second kappa shape index (κ2) is 9.54. The zero-order valence-electron chi connectivity index (χ0n) is 15.7. The van der Waals surface area contributed by atoms with Crippen LogP contribution in [-0.2, 0) is 6.42 Å². The smallest absolute Gasteiger partial charge is 0.334 e. The van der Waals surface area contributed by atoms with E-state index in [0.717, 1.165) is 19.3 Å². The third kappa shape index (κ3) is 5.56. The van der Waals surface area contributed by atoms with Gasteiger partial charge >= 0.3 is 5.69 Å². The third-order valence-electron chi connectivity index (χ3n) is 4.17. The van der Waals surface area contributed by atoms with Gasteiger partial charge in [-0.15, -0.1) is 0 Å². The average molecular weight is 432 g/mol. The summed E-state index contributed by atoms with van der Waals surface area (Å²) in [6.45, 7) is 2.15. The molecule has 3 rings (SSSR count). The number of aryl methyl sites for hydroxylation is 1. The van der Waals surface area contributed by atoms with Crippen LogP contribution in [0.2, 0.25) is 10.0 Å². The highest BCUT2D eigenvalue weighted by molar-refractivity contribution is 6.35. The third-order valence-corrected chi connectivity index (χ3v) is 4.60. The van der Waals surface area contributed by atoms with Crippen molar-refractivity contribution in [3.8, 4) is 0 Å². The van der Waals surface area contributed by atoms with Gasteiger partial charge in [-0.05, 0) is 48.7 Å². The molecule has 1 heterocycles. The summed E-state index contributed by atoms with van der Waals surface area (Å²) in [7, 11) is 0. The van der Waals surface area contributed by atoms with Crippen LogP contribution >= 0.6 is 23.2 Å². The Balaban J connectivity index is 1.87. The Kier molecular flexibility index (Phi) is 6.85. The van der Waals surface area contributed by atoms with Gasteiger partial charge < -0.3 is 10.6 Å². The molecule has 0 saturated carbocycles. The summed E-state index contributed by atoms with van der Waals surface area (Å²) < 4.78 is 0. The lowest BCUT2D eigenvalue weighted by atomic mass is 10.1. The van der Waals surface area contributed by atoms with Crippen LogP contribution in [-0.4, -0.2) is 14.9 Å². The molecule has 7 nitrogen and oxygen atoms in total. The fourth-order valence-corrected chi connectivity index (χ4v) is 3.30.